The zero-order valence-electron chi connectivity index (χ0n) is 16.7. The third-order valence-corrected chi connectivity index (χ3v) is 4.55. The largest absolute Gasteiger partial charge is 0.437 e. The molecule has 0 saturated heterocycles. The van der Waals surface area contributed by atoms with Crippen LogP contribution in [-0.4, -0.2) is 33.3 Å². The minimum atomic E-state index is -6.02. The number of nitrogens with one attached hydrogen (secondary N) is 1. The van der Waals surface area contributed by atoms with Gasteiger partial charge in [0.1, 0.15) is 0 Å². The smallest absolute Gasteiger partial charge is 0.430 e. The molecule has 33 heavy (non-hydrogen) atoms. The van der Waals surface area contributed by atoms with Gasteiger partial charge in [0.15, 0.2) is 5.75 Å². The standard InChI is InChI=1S/C21H15F6N3O3/c1-12-16(3-2-10-28-12)33-17-9-8-15(11-29-17)30-18(31)13-4-6-14(7-5-13)19(32,20(22,23)24)21(25,26)27/h2-11,32H,1H3,(H,30,31). The highest BCUT2D eigenvalue weighted by Crippen LogP contribution is 2.49. The number of amides is 1. The molecule has 0 fully saturated rings. The van der Waals surface area contributed by atoms with Gasteiger partial charge in [-0.05, 0) is 37.3 Å². The number of aryl methyl sites for hydroxylation is 1. The number of alkyl halides is 6. The molecule has 6 nitrogen and oxygen atoms in total. The van der Waals surface area contributed by atoms with Crippen molar-refractivity contribution in [1.82, 2.24) is 9.97 Å². The van der Waals surface area contributed by atoms with Crippen LogP contribution in [0.15, 0.2) is 60.9 Å². The average molecular weight is 471 g/mol. The number of carbonyl (C=O) groups is 1. The first-order valence-electron chi connectivity index (χ1n) is 9.16. The molecule has 0 radical (unpaired) electrons. The Morgan fingerprint density at radius 3 is 2.09 bits per heavy atom. The molecule has 1 amide bonds. The molecule has 0 atom stereocenters. The molecule has 2 N–H and O–H groups in total. The van der Waals surface area contributed by atoms with Crippen LogP contribution in [0.5, 0.6) is 11.6 Å². The highest BCUT2D eigenvalue weighted by molar-refractivity contribution is 6.04. The van der Waals surface area contributed by atoms with Gasteiger partial charge < -0.3 is 15.2 Å². The zero-order valence-corrected chi connectivity index (χ0v) is 16.7. The monoisotopic (exact) mass is 471 g/mol. The van der Waals surface area contributed by atoms with Crippen molar-refractivity contribution in [3.8, 4) is 11.6 Å². The maximum absolute atomic E-state index is 13.0. The summed E-state index contributed by atoms with van der Waals surface area (Å²) in [5, 5.41) is 11.8. The molecule has 0 aliphatic carbocycles. The van der Waals surface area contributed by atoms with Crippen LogP contribution in [0.1, 0.15) is 21.6 Å². The minimum Gasteiger partial charge on any atom is -0.437 e. The van der Waals surface area contributed by atoms with Crippen molar-refractivity contribution < 1.29 is 41.0 Å². The number of ether oxygens (including phenoxy) is 1. The van der Waals surface area contributed by atoms with Crippen LogP contribution >= 0.6 is 0 Å². The molecule has 0 aliphatic rings. The van der Waals surface area contributed by atoms with Gasteiger partial charge in [0.2, 0.25) is 5.88 Å². The molecule has 174 valence electrons. The van der Waals surface area contributed by atoms with Gasteiger partial charge in [-0.15, -0.1) is 0 Å². The number of hydrogen-bond acceptors (Lipinski definition) is 5. The SMILES string of the molecule is Cc1ncccc1Oc1ccc(NC(=O)c2ccc(C(O)(C(F)(F)F)C(F)(F)F)cc2)cn1. The number of aromatic nitrogens is 2. The second-order valence-corrected chi connectivity index (χ2v) is 6.81. The Balaban J connectivity index is 1.73. The van der Waals surface area contributed by atoms with E-state index in [0.29, 0.717) is 23.6 Å². The third kappa shape index (κ3) is 4.90. The molecule has 0 bridgehead atoms. The van der Waals surface area contributed by atoms with Gasteiger partial charge in [-0.3, -0.25) is 9.78 Å². The maximum Gasteiger partial charge on any atom is 0.430 e. The predicted molar refractivity (Wildman–Crippen MR) is 104 cm³/mol. The fraction of sp³-hybridized carbons (Fsp3) is 0.190. The molecule has 12 heteroatoms. The van der Waals surface area contributed by atoms with Crippen molar-refractivity contribution in [2.75, 3.05) is 5.32 Å². The van der Waals surface area contributed by atoms with E-state index in [1.54, 1.807) is 25.3 Å². The van der Waals surface area contributed by atoms with Crippen LogP contribution in [0.4, 0.5) is 32.0 Å². The van der Waals surface area contributed by atoms with E-state index >= 15 is 0 Å². The number of halogens is 6. The Kier molecular flexibility index (Phi) is 6.32. The summed E-state index contributed by atoms with van der Waals surface area (Å²) in [6.45, 7) is 1.74. The van der Waals surface area contributed by atoms with Gasteiger partial charge in [-0.25, -0.2) is 4.98 Å². The molecule has 3 aromatic rings. The molecule has 0 unspecified atom stereocenters. The summed E-state index contributed by atoms with van der Waals surface area (Å²) in [5.74, 6) is -0.144. The van der Waals surface area contributed by atoms with Crippen LogP contribution in [0.3, 0.4) is 0 Å². The Hall–Kier alpha value is -3.67. The van der Waals surface area contributed by atoms with Crippen molar-refractivity contribution in [3.05, 3.63) is 77.7 Å². The second-order valence-electron chi connectivity index (χ2n) is 6.81. The van der Waals surface area contributed by atoms with Crippen LogP contribution in [-0.2, 0) is 5.60 Å². The number of nitrogens with zero attached hydrogens (tertiary/aromatic N) is 2. The zero-order chi connectivity index (χ0) is 24.4. The summed E-state index contributed by atoms with van der Waals surface area (Å²) in [5.41, 5.74) is -5.95. The van der Waals surface area contributed by atoms with Crippen LogP contribution in [0, 0.1) is 6.92 Å². The number of carbonyl (C=O) groups excluding carboxylic acids is 1. The maximum atomic E-state index is 13.0. The molecular formula is C21H15F6N3O3. The van der Waals surface area contributed by atoms with Crippen LogP contribution < -0.4 is 10.1 Å². The van der Waals surface area contributed by atoms with Gasteiger partial charge in [0.25, 0.3) is 11.5 Å². The molecule has 2 aromatic heterocycles. The lowest BCUT2D eigenvalue weighted by Crippen LogP contribution is -2.53. The molecule has 0 aliphatic heterocycles. The summed E-state index contributed by atoms with van der Waals surface area (Å²) in [6.07, 6.45) is -9.19. The minimum absolute atomic E-state index is 0.196. The summed E-state index contributed by atoms with van der Waals surface area (Å²) in [4.78, 5) is 20.4. The van der Waals surface area contributed by atoms with Gasteiger partial charge in [-0.2, -0.15) is 26.3 Å². The summed E-state index contributed by atoms with van der Waals surface area (Å²) in [6, 6.07) is 8.49. The van der Waals surface area contributed by atoms with Crippen molar-refractivity contribution >= 4 is 11.6 Å². The lowest BCUT2D eigenvalue weighted by atomic mass is 9.91. The fourth-order valence-electron chi connectivity index (χ4n) is 2.76. The molecule has 2 heterocycles. The Morgan fingerprint density at radius 1 is 0.939 bits per heavy atom. The highest BCUT2D eigenvalue weighted by Gasteiger charge is 2.71. The van der Waals surface area contributed by atoms with E-state index in [9.17, 15) is 36.2 Å². The van der Waals surface area contributed by atoms with Gasteiger partial charge in [0.05, 0.1) is 17.6 Å². The number of benzene rings is 1. The topological polar surface area (TPSA) is 84.3 Å². The number of hydrogen-bond donors (Lipinski definition) is 2. The van der Waals surface area contributed by atoms with Crippen LogP contribution in [0.25, 0.3) is 0 Å². The molecule has 0 saturated carbocycles. The molecule has 1 aromatic carbocycles. The Labute approximate surface area is 182 Å². The van der Waals surface area contributed by atoms with E-state index < -0.39 is 29.4 Å². The normalized spacial score (nSPS) is 12.4. The van der Waals surface area contributed by atoms with Gasteiger partial charge in [0, 0.05) is 23.4 Å². The van der Waals surface area contributed by atoms with E-state index in [0.717, 1.165) is 12.1 Å². The first-order valence-corrected chi connectivity index (χ1v) is 9.16. The molecule has 0 spiro atoms. The van der Waals surface area contributed by atoms with E-state index in [4.69, 9.17) is 4.74 Å². The molecular weight excluding hydrogens is 456 g/mol. The Bertz CT molecular complexity index is 1120. The summed E-state index contributed by atoms with van der Waals surface area (Å²) < 4.78 is 83.3. The quantitative estimate of drug-likeness (QED) is 0.504. The van der Waals surface area contributed by atoms with Crippen molar-refractivity contribution in [1.29, 1.82) is 0 Å². The molecule has 3 rings (SSSR count). The Morgan fingerprint density at radius 2 is 1.58 bits per heavy atom. The van der Waals surface area contributed by atoms with E-state index in [1.165, 1.54) is 18.3 Å². The number of aliphatic hydroxyl groups is 1. The predicted octanol–water partition coefficient (Wildman–Crippen LogP) is 5.14. The average Bonchev–Trinajstić information content (AvgIpc) is 2.74. The first kappa shape index (κ1) is 24.0. The highest BCUT2D eigenvalue weighted by atomic mass is 19.4. The first-order chi connectivity index (χ1) is 15.3. The second kappa shape index (κ2) is 8.70. The number of rotatable bonds is 5. The van der Waals surface area contributed by atoms with E-state index in [2.05, 4.69) is 15.3 Å². The van der Waals surface area contributed by atoms with Gasteiger partial charge >= 0.3 is 12.4 Å². The number of pyridine rings is 2. The summed E-state index contributed by atoms with van der Waals surface area (Å²) >= 11 is 0. The van der Waals surface area contributed by atoms with Gasteiger partial charge in [-0.1, -0.05) is 12.1 Å². The van der Waals surface area contributed by atoms with E-state index in [1.807, 2.05) is 0 Å². The van der Waals surface area contributed by atoms with Crippen LogP contribution in [0.2, 0.25) is 0 Å². The lowest BCUT2D eigenvalue weighted by Gasteiger charge is -2.32. The van der Waals surface area contributed by atoms with Crippen molar-refractivity contribution in [2.24, 2.45) is 0 Å². The number of anilines is 1. The van der Waals surface area contributed by atoms with E-state index in [-0.39, 0.29) is 17.1 Å². The third-order valence-electron chi connectivity index (χ3n) is 4.55. The lowest BCUT2D eigenvalue weighted by molar-refractivity contribution is -0.376. The fourth-order valence-corrected chi connectivity index (χ4v) is 2.76. The summed E-state index contributed by atoms with van der Waals surface area (Å²) in [7, 11) is 0. The van der Waals surface area contributed by atoms with Crippen molar-refractivity contribution in [2.45, 2.75) is 24.9 Å². The van der Waals surface area contributed by atoms with Crippen molar-refractivity contribution in [3.63, 3.8) is 0 Å².